The first-order chi connectivity index (χ1) is 22.7. The van der Waals surface area contributed by atoms with Gasteiger partial charge in [-0.1, -0.05) is 71.7 Å². The minimum absolute atomic E-state index is 0.0624. The first-order valence-electron chi connectivity index (χ1n) is 15.1. The molecule has 2 amide bonds. The largest absolute Gasteiger partial charge is 0.497 e. The Kier molecular flexibility index (Phi) is 12.0. The summed E-state index contributed by atoms with van der Waals surface area (Å²) in [6.45, 7) is 4.83. The molecule has 4 aromatic carbocycles. The molecule has 0 aliphatic rings. The first-order valence-corrected chi connectivity index (χ1v) is 17.3. The average molecular weight is 713 g/mol. The fourth-order valence-electron chi connectivity index (χ4n) is 5.07. The van der Waals surface area contributed by atoms with Gasteiger partial charge in [0, 0.05) is 18.5 Å². The Morgan fingerprint density at radius 2 is 1.46 bits per heavy atom. The predicted octanol–water partition coefficient (Wildman–Crippen LogP) is 6.76. The van der Waals surface area contributed by atoms with Crippen LogP contribution >= 0.6 is 23.2 Å². The highest BCUT2D eigenvalue weighted by Crippen LogP contribution is 2.33. The average Bonchev–Trinajstić information content (AvgIpc) is 3.06. The van der Waals surface area contributed by atoms with E-state index in [0.29, 0.717) is 16.3 Å². The molecule has 4 rings (SSSR count). The number of ether oxygens (including phenoxy) is 2. The standard InChI is InChI=1S/C36H39Cl2N3O6S/c1-36(2,3)39-35(43)32(22-25-11-7-6-8-12-25)40(23-26-15-20-29(37)30(38)21-26)34(42)24-41(31-13-9-10-14-33(31)47-5)48(44,45)28-18-16-27(46-4)17-19-28/h6-21,32H,22-24H2,1-5H3,(H,39,43)/t32-/m0/s1. The molecule has 0 aliphatic heterocycles. The number of carbonyl (C=O) groups is 2. The number of nitrogens with one attached hydrogen (secondary N) is 1. The van der Waals surface area contributed by atoms with Gasteiger partial charge in [-0.15, -0.1) is 0 Å². The van der Waals surface area contributed by atoms with Gasteiger partial charge in [0.1, 0.15) is 24.1 Å². The number of hydrogen-bond acceptors (Lipinski definition) is 6. The normalized spacial score (nSPS) is 12.1. The first kappa shape index (κ1) is 36.6. The van der Waals surface area contributed by atoms with E-state index in [-0.39, 0.29) is 34.3 Å². The van der Waals surface area contributed by atoms with Crippen LogP contribution < -0.4 is 19.1 Å². The third-order valence-electron chi connectivity index (χ3n) is 7.39. The molecule has 0 aromatic heterocycles. The van der Waals surface area contributed by atoms with Crippen LogP contribution in [0, 0.1) is 0 Å². The van der Waals surface area contributed by atoms with Gasteiger partial charge in [0.2, 0.25) is 11.8 Å². The van der Waals surface area contributed by atoms with E-state index in [4.69, 9.17) is 32.7 Å². The van der Waals surface area contributed by atoms with Gasteiger partial charge in [-0.25, -0.2) is 8.42 Å². The Labute approximate surface area is 292 Å². The Hall–Kier alpha value is -4.25. The maximum absolute atomic E-state index is 14.7. The molecule has 1 atom stereocenters. The van der Waals surface area contributed by atoms with Gasteiger partial charge in [0.25, 0.3) is 10.0 Å². The van der Waals surface area contributed by atoms with Gasteiger partial charge < -0.3 is 19.7 Å². The van der Waals surface area contributed by atoms with E-state index in [1.165, 1.54) is 43.4 Å². The Bertz CT molecular complexity index is 1830. The lowest BCUT2D eigenvalue weighted by molar-refractivity contribution is -0.140. The highest BCUT2D eigenvalue weighted by Gasteiger charge is 2.36. The van der Waals surface area contributed by atoms with Crippen molar-refractivity contribution in [3.05, 3.63) is 118 Å². The van der Waals surface area contributed by atoms with Crippen molar-refractivity contribution in [1.82, 2.24) is 10.2 Å². The molecule has 1 N–H and O–H groups in total. The molecule has 0 unspecified atom stereocenters. The van der Waals surface area contributed by atoms with Crippen LogP contribution in [0.1, 0.15) is 31.9 Å². The second-order valence-electron chi connectivity index (χ2n) is 12.1. The second-order valence-corrected chi connectivity index (χ2v) is 14.8. The zero-order valence-corrected chi connectivity index (χ0v) is 29.8. The van der Waals surface area contributed by atoms with Crippen LogP contribution in [0.4, 0.5) is 5.69 Å². The smallest absolute Gasteiger partial charge is 0.264 e. The number of para-hydroxylation sites is 2. The number of methoxy groups -OCH3 is 2. The van der Waals surface area contributed by atoms with Crippen LogP contribution in [0.25, 0.3) is 0 Å². The molecule has 0 saturated heterocycles. The SMILES string of the molecule is COc1ccc(S(=O)(=O)N(CC(=O)N(Cc2ccc(Cl)c(Cl)c2)[C@@H](Cc2ccccc2)C(=O)NC(C)(C)C)c2ccccc2OC)cc1. The second kappa shape index (κ2) is 15.8. The van der Waals surface area contributed by atoms with E-state index >= 15 is 0 Å². The van der Waals surface area contributed by atoms with Gasteiger partial charge >= 0.3 is 0 Å². The lowest BCUT2D eigenvalue weighted by Gasteiger charge is -2.35. The summed E-state index contributed by atoms with van der Waals surface area (Å²) in [7, 11) is -1.45. The molecule has 0 saturated carbocycles. The van der Waals surface area contributed by atoms with Crippen LogP contribution in [0.2, 0.25) is 10.0 Å². The Morgan fingerprint density at radius 1 is 0.812 bits per heavy atom. The van der Waals surface area contributed by atoms with Crippen molar-refractivity contribution in [2.75, 3.05) is 25.1 Å². The number of carbonyl (C=O) groups excluding carboxylic acids is 2. The number of sulfonamides is 1. The van der Waals surface area contributed by atoms with Crippen molar-refractivity contribution in [3.8, 4) is 11.5 Å². The number of anilines is 1. The van der Waals surface area contributed by atoms with Crippen LogP contribution in [0.15, 0.2) is 102 Å². The summed E-state index contributed by atoms with van der Waals surface area (Å²) < 4.78 is 40.4. The summed E-state index contributed by atoms with van der Waals surface area (Å²) in [5, 5.41) is 3.61. The molecular formula is C36H39Cl2N3O6S. The Balaban J connectivity index is 1.86. The topological polar surface area (TPSA) is 105 Å². The van der Waals surface area contributed by atoms with E-state index in [1.807, 2.05) is 51.1 Å². The van der Waals surface area contributed by atoms with Crippen LogP contribution in [0.3, 0.4) is 0 Å². The number of halogens is 2. The van der Waals surface area contributed by atoms with E-state index in [1.54, 1.807) is 42.5 Å². The zero-order chi connectivity index (χ0) is 35.1. The molecule has 0 aliphatic carbocycles. The van der Waals surface area contributed by atoms with Crippen LogP contribution in [-0.4, -0.2) is 57.5 Å². The van der Waals surface area contributed by atoms with Gasteiger partial charge in [-0.2, -0.15) is 0 Å². The summed E-state index contributed by atoms with van der Waals surface area (Å²) in [6, 6.07) is 25.6. The van der Waals surface area contributed by atoms with E-state index in [2.05, 4.69) is 5.32 Å². The number of benzene rings is 4. The van der Waals surface area contributed by atoms with Crippen LogP contribution in [-0.2, 0) is 32.6 Å². The molecule has 0 radical (unpaired) electrons. The van der Waals surface area contributed by atoms with Gasteiger partial charge in [-0.3, -0.25) is 13.9 Å². The van der Waals surface area contributed by atoms with Gasteiger partial charge in [0.15, 0.2) is 0 Å². The number of rotatable bonds is 13. The summed E-state index contributed by atoms with van der Waals surface area (Å²) in [5.74, 6) is -0.323. The third kappa shape index (κ3) is 9.21. The van der Waals surface area contributed by atoms with Gasteiger partial charge in [-0.05, 0) is 80.4 Å². The summed E-state index contributed by atoms with van der Waals surface area (Å²) in [4.78, 5) is 30.0. The molecule has 0 bridgehead atoms. The molecule has 0 fully saturated rings. The maximum Gasteiger partial charge on any atom is 0.264 e. The molecule has 12 heteroatoms. The van der Waals surface area contributed by atoms with Crippen LogP contribution in [0.5, 0.6) is 11.5 Å². The summed E-state index contributed by atoms with van der Waals surface area (Å²) in [5.41, 5.74) is 0.940. The minimum Gasteiger partial charge on any atom is -0.497 e. The quantitative estimate of drug-likeness (QED) is 0.164. The summed E-state index contributed by atoms with van der Waals surface area (Å²) in [6.07, 6.45) is 0.162. The van der Waals surface area contributed by atoms with E-state index in [0.717, 1.165) is 9.87 Å². The lowest BCUT2D eigenvalue weighted by atomic mass is 10.0. The van der Waals surface area contributed by atoms with E-state index in [9.17, 15) is 18.0 Å². The van der Waals surface area contributed by atoms with Crippen molar-refractivity contribution in [1.29, 1.82) is 0 Å². The number of hydrogen-bond donors (Lipinski definition) is 1. The number of amides is 2. The molecule has 4 aromatic rings. The van der Waals surface area contributed by atoms with Crippen molar-refractivity contribution >= 4 is 50.7 Å². The zero-order valence-electron chi connectivity index (χ0n) is 27.4. The predicted molar refractivity (Wildman–Crippen MR) is 189 cm³/mol. The highest BCUT2D eigenvalue weighted by atomic mass is 35.5. The van der Waals surface area contributed by atoms with Gasteiger partial charge in [0.05, 0.1) is 34.8 Å². The van der Waals surface area contributed by atoms with Crippen molar-refractivity contribution < 1.29 is 27.5 Å². The molecule has 254 valence electrons. The minimum atomic E-state index is -4.35. The summed E-state index contributed by atoms with van der Waals surface area (Å²) >= 11 is 12.6. The van der Waals surface area contributed by atoms with Crippen molar-refractivity contribution in [2.45, 2.75) is 50.2 Å². The van der Waals surface area contributed by atoms with Crippen molar-refractivity contribution in [3.63, 3.8) is 0 Å². The third-order valence-corrected chi connectivity index (χ3v) is 9.90. The fraction of sp³-hybridized carbons (Fsp3) is 0.278. The maximum atomic E-state index is 14.7. The fourth-order valence-corrected chi connectivity index (χ4v) is 6.81. The lowest BCUT2D eigenvalue weighted by Crippen LogP contribution is -2.56. The molecule has 48 heavy (non-hydrogen) atoms. The van der Waals surface area contributed by atoms with Crippen molar-refractivity contribution in [2.24, 2.45) is 0 Å². The molecule has 0 heterocycles. The monoisotopic (exact) mass is 711 g/mol. The van der Waals surface area contributed by atoms with E-state index < -0.39 is 40.0 Å². The highest BCUT2D eigenvalue weighted by molar-refractivity contribution is 7.92. The Morgan fingerprint density at radius 3 is 2.06 bits per heavy atom. The molecule has 0 spiro atoms. The number of nitrogens with zero attached hydrogens (tertiary/aromatic N) is 2. The molecular weight excluding hydrogens is 673 g/mol. The molecule has 9 nitrogen and oxygen atoms in total.